The summed E-state index contributed by atoms with van der Waals surface area (Å²) in [6.07, 6.45) is 6.70. The van der Waals surface area contributed by atoms with Crippen molar-refractivity contribution in [2.45, 2.75) is 18.4 Å². The predicted octanol–water partition coefficient (Wildman–Crippen LogP) is -0.676. The molecule has 68 valence electrons. The summed E-state index contributed by atoms with van der Waals surface area (Å²) < 4.78 is 0. The molecule has 0 aromatic rings. The summed E-state index contributed by atoms with van der Waals surface area (Å²) in [5.74, 6) is 2.49. The first-order chi connectivity index (χ1) is 5.77. The number of terminal acetylenes is 1. The molecule has 12 heavy (non-hydrogen) atoms. The molecule has 0 saturated carbocycles. The molecule has 1 saturated heterocycles. The summed E-state index contributed by atoms with van der Waals surface area (Å²) in [4.78, 5) is 0. The van der Waals surface area contributed by atoms with Crippen molar-refractivity contribution in [2.75, 3.05) is 26.2 Å². The van der Waals surface area contributed by atoms with E-state index in [0.29, 0.717) is 13.1 Å². The van der Waals surface area contributed by atoms with Crippen molar-refractivity contribution in [3.8, 4) is 12.3 Å². The van der Waals surface area contributed by atoms with Crippen LogP contribution in [0.3, 0.4) is 0 Å². The van der Waals surface area contributed by atoms with Gasteiger partial charge in [0.25, 0.3) is 0 Å². The number of rotatable bonds is 3. The second-order valence-electron chi connectivity index (χ2n) is 3.28. The van der Waals surface area contributed by atoms with E-state index in [1.54, 1.807) is 0 Å². The van der Waals surface area contributed by atoms with Crippen molar-refractivity contribution < 1.29 is 5.11 Å². The van der Waals surface area contributed by atoms with Gasteiger partial charge in [0.2, 0.25) is 0 Å². The van der Waals surface area contributed by atoms with Gasteiger partial charge in [-0.05, 0) is 25.9 Å². The second kappa shape index (κ2) is 4.46. The average molecular weight is 168 g/mol. The minimum Gasteiger partial charge on any atom is -0.388 e. The first kappa shape index (κ1) is 9.53. The maximum Gasteiger partial charge on any atom is 0.0796 e. The Balaban J connectivity index is 2.23. The molecule has 3 nitrogen and oxygen atoms in total. The van der Waals surface area contributed by atoms with Crippen LogP contribution in [0.2, 0.25) is 0 Å². The van der Waals surface area contributed by atoms with Crippen LogP contribution in [-0.4, -0.2) is 36.9 Å². The van der Waals surface area contributed by atoms with Crippen LogP contribution in [0.5, 0.6) is 0 Å². The molecule has 1 aliphatic rings. The molecule has 0 amide bonds. The summed E-state index contributed by atoms with van der Waals surface area (Å²) in [6.45, 7) is 2.94. The SMILES string of the molecule is C#CCNCC1(O)CCNCC1. The minimum atomic E-state index is -0.540. The zero-order valence-corrected chi connectivity index (χ0v) is 7.27. The van der Waals surface area contributed by atoms with E-state index < -0.39 is 5.60 Å². The Hall–Kier alpha value is -0.560. The third-order valence-electron chi connectivity index (χ3n) is 2.22. The van der Waals surface area contributed by atoms with Crippen molar-refractivity contribution in [1.82, 2.24) is 10.6 Å². The van der Waals surface area contributed by atoms with Gasteiger partial charge in [0.05, 0.1) is 12.1 Å². The van der Waals surface area contributed by atoms with Crippen molar-refractivity contribution in [2.24, 2.45) is 0 Å². The van der Waals surface area contributed by atoms with Crippen molar-refractivity contribution in [3.63, 3.8) is 0 Å². The zero-order valence-electron chi connectivity index (χ0n) is 7.27. The van der Waals surface area contributed by atoms with Gasteiger partial charge in [0, 0.05) is 6.54 Å². The summed E-state index contributed by atoms with van der Waals surface area (Å²) in [5, 5.41) is 16.2. The highest BCUT2D eigenvalue weighted by molar-refractivity contribution is 4.91. The fraction of sp³-hybridized carbons (Fsp3) is 0.778. The Bertz CT molecular complexity index is 168. The van der Waals surface area contributed by atoms with Gasteiger partial charge in [0.1, 0.15) is 0 Å². The molecule has 1 aliphatic heterocycles. The lowest BCUT2D eigenvalue weighted by Gasteiger charge is -2.32. The van der Waals surface area contributed by atoms with Crippen LogP contribution in [-0.2, 0) is 0 Å². The molecule has 0 atom stereocenters. The van der Waals surface area contributed by atoms with E-state index in [4.69, 9.17) is 6.42 Å². The molecule has 0 aliphatic carbocycles. The van der Waals surface area contributed by atoms with Crippen LogP contribution in [0, 0.1) is 12.3 Å². The molecule has 1 fully saturated rings. The molecule has 0 radical (unpaired) electrons. The van der Waals surface area contributed by atoms with Gasteiger partial charge in [-0.25, -0.2) is 0 Å². The Labute approximate surface area is 73.5 Å². The molecule has 0 aromatic carbocycles. The second-order valence-corrected chi connectivity index (χ2v) is 3.28. The van der Waals surface area contributed by atoms with E-state index in [1.165, 1.54) is 0 Å². The smallest absolute Gasteiger partial charge is 0.0796 e. The normalized spacial score (nSPS) is 21.7. The maximum atomic E-state index is 9.93. The minimum absolute atomic E-state index is 0.537. The van der Waals surface area contributed by atoms with Crippen LogP contribution in [0.1, 0.15) is 12.8 Å². The van der Waals surface area contributed by atoms with Crippen molar-refractivity contribution in [3.05, 3.63) is 0 Å². The quantitative estimate of drug-likeness (QED) is 0.386. The fourth-order valence-corrected chi connectivity index (χ4v) is 1.44. The van der Waals surface area contributed by atoms with E-state index in [9.17, 15) is 5.11 Å². The Morgan fingerprint density at radius 1 is 1.50 bits per heavy atom. The summed E-state index contributed by atoms with van der Waals surface area (Å²) >= 11 is 0. The predicted molar refractivity (Wildman–Crippen MR) is 48.8 cm³/mol. The molecule has 3 N–H and O–H groups in total. The largest absolute Gasteiger partial charge is 0.388 e. The van der Waals surface area contributed by atoms with E-state index in [-0.39, 0.29) is 0 Å². The topological polar surface area (TPSA) is 44.3 Å². The standard InChI is InChI=1S/C9H16N2O/c1-2-5-11-8-9(12)3-6-10-7-4-9/h1,10-12H,3-8H2. The van der Waals surface area contributed by atoms with Gasteiger partial charge >= 0.3 is 0 Å². The highest BCUT2D eigenvalue weighted by Gasteiger charge is 2.27. The summed E-state index contributed by atoms with van der Waals surface area (Å²) in [6, 6.07) is 0. The zero-order chi connectivity index (χ0) is 8.86. The molecule has 0 unspecified atom stereocenters. The highest BCUT2D eigenvalue weighted by Crippen LogP contribution is 2.16. The summed E-state index contributed by atoms with van der Waals surface area (Å²) in [7, 11) is 0. The van der Waals surface area contributed by atoms with Gasteiger partial charge in [0.15, 0.2) is 0 Å². The first-order valence-electron chi connectivity index (χ1n) is 4.34. The van der Waals surface area contributed by atoms with Gasteiger partial charge in [-0.15, -0.1) is 6.42 Å². The summed E-state index contributed by atoms with van der Waals surface area (Å²) in [5.41, 5.74) is -0.540. The molecule has 0 spiro atoms. The van der Waals surface area contributed by atoms with Gasteiger partial charge < -0.3 is 15.7 Å². The van der Waals surface area contributed by atoms with Gasteiger partial charge in [-0.3, -0.25) is 0 Å². The maximum absolute atomic E-state index is 9.93. The van der Waals surface area contributed by atoms with E-state index in [2.05, 4.69) is 16.6 Å². The van der Waals surface area contributed by atoms with Gasteiger partial charge in [-0.1, -0.05) is 5.92 Å². The lowest BCUT2D eigenvalue weighted by atomic mass is 9.92. The molecular weight excluding hydrogens is 152 g/mol. The Kier molecular flexibility index (Phi) is 3.54. The fourth-order valence-electron chi connectivity index (χ4n) is 1.44. The highest BCUT2D eigenvalue weighted by atomic mass is 16.3. The number of nitrogens with one attached hydrogen (secondary N) is 2. The monoisotopic (exact) mass is 168 g/mol. The number of hydrogen-bond donors (Lipinski definition) is 3. The third-order valence-corrected chi connectivity index (χ3v) is 2.22. The number of hydrogen-bond acceptors (Lipinski definition) is 3. The molecule has 1 rings (SSSR count). The van der Waals surface area contributed by atoms with Gasteiger partial charge in [-0.2, -0.15) is 0 Å². The van der Waals surface area contributed by atoms with Crippen LogP contribution < -0.4 is 10.6 Å². The Morgan fingerprint density at radius 3 is 2.75 bits per heavy atom. The number of aliphatic hydroxyl groups is 1. The van der Waals surface area contributed by atoms with Crippen molar-refractivity contribution in [1.29, 1.82) is 0 Å². The Morgan fingerprint density at radius 2 is 2.17 bits per heavy atom. The van der Waals surface area contributed by atoms with Crippen LogP contribution >= 0.6 is 0 Å². The lowest BCUT2D eigenvalue weighted by molar-refractivity contribution is 0.0121. The molecule has 0 aromatic heterocycles. The van der Waals surface area contributed by atoms with Crippen molar-refractivity contribution >= 4 is 0 Å². The third kappa shape index (κ3) is 2.82. The van der Waals surface area contributed by atoms with Crippen LogP contribution in [0.4, 0.5) is 0 Å². The van der Waals surface area contributed by atoms with E-state index in [1.807, 2.05) is 0 Å². The molecule has 1 heterocycles. The molecule has 0 bridgehead atoms. The van der Waals surface area contributed by atoms with Crippen LogP contribution in [0.25, 0.3) is 0 Å². The first-order valence-corrected chi connectivity index (χ1v) is 4.34. The van der Waals surface area contributed by atoms with Crippen LogP contribution in [0.15, 0.2) is 0 Å². The average Bonchev–Trinajstić information content (AvgIpc) is 2.06. The molecular formula is C9H16N2O. The lowest BCUT2D eigenvalue weighted by Crippen LogP contribution is -2.48. The van der Waals surface area contributed by atoms with E-state index >= 15 is 0 Å². The number of piperidine rings is 1. The molecule has 3 heteroatoms. The van der Waals surface area contributed by atoms with E-state index in [0.717, 1.165) is 25.9 Å².